The molecule has 0 aliphatic carbocycles. The number of aromatic nitrogens is 3. The van der Waals surface area contributed by atoms with Gasteiger partial charge in [-0.1, -0.05) is 6.92 Å². The van der Waals surface area contributed by atoms with E-state index in [0.29, 0.717) is 12.0 Å². The summed E-state index contributed by atoms with van der Waals surface area (Å²) in [6.45, 7) is 5.99. The monoisotopic (exact) mass is 304 g/mol. The summed E-state index contributed by atoms with van der Waals surface area (Å²) >= 11 is 7.73. The molecule has 1 aromatic heterocycles. The topological polar surface area (TPSA) is 51.1 Å². The fourth-order valence-corrected chi connectivity index (χ4v) is 2.59. The van der Waals surface area contributed by atoms with Gasteiger partial charge in [0.1, 0.15) is 0 Å². The molecule has 1 heterocycles. The standard InChI is InChI=1S/C12H21ClN4OS/c1-6-9(7-19-5)17(4)11-14-10(13)15-12(16-11)18-8(2)3/h8-9H,6-7H2,1-5H3. The maximum Gasteiger partial charge on any atom is 0.322 e. The lowest BCUT2D eigenvalue weighted by Crippen LogP contribution is -2.34. The van der Waals surface area contributed by atoms with Crippen molar-refractivity contribution < 1.29 is 4.74 Å². The predicted molar refractivity (Wildman–Crippen MR) is 81.5 cm³/mol. The third-order valence-corrected chi connectivity index (χ3v) is 3.50. The molecule has 0 aliphatic rings. The van der Waals surface area contributed by atoms with Gasteiger partial charge in [0.15, 0.2) is 0 Å². The lowest BCUT2D eigenvalue weighted by atomic mass is 10.2. The molecule has 108 valence electrons. The summed E-state index contributed by atoms with van der Waals surface area (Å²) in [4.78, 5) is 14.5. The van der Waals surface area contributed by atoms with E-state index in [-0.39, 0.29) is 17.4 Å². The van der Waals surface area contributed by atoms with Crippen LogP contribution in [0.4, 0.5) is 5.95 Å². The Balaban J connectivity index is 2.95. The quantitative estimate of drug-likeness (QED) is 0.772. The van der Waals surface area contributed by atoms with Gasteiger partial charge < -0.3 is 9.64 Å². The Morgan fingerprint density at radius 1 is 1.32 bits per heavy atom. The third kappa shape index (κ3) is 5.03. The molecular weight excluding hydrogens is 284 g/mol. The van der Waals surface area contributed by atoms with Gasteiger partial charge in [0.2, 0.25) is 11.2 Å². The molecule has 1 unspecified atom stereocenters. The molecule has 0 saturated heterocycles. The van der Waals surface area contributed by atoms with Gasteiger partial charge in [0.05, 0.1) is 6.10 Å². The Morgan fingerprint density at radius 2 is 2.00 bits per heavy atom. The highest BCUT2D eigenvalue weighted by atomic mass is 35.5. The summed E-state index contributed by atoms with van der Waals surface area (Å²) in [6, 6.07) is 0.635. The minimum atomic E-state index is 0.00444. The highest BCUT2D eigenvalue weighted by Crippen LogP contribution is 2.19. The van der Waals surface area contributed by atoms with Crippen molar-refractivity contribution in [3.63, 3.8) is 0 Å². The van der Waals surface area contributed by atoms with E-state index in [1.807, 2.05) is 25.8 Å². The van der Waals surface area contributed by atoms with Crippen LogP contribution in [0.15, 0.2) is 0 Å². The summed E-state index contributed by atoms with van der Waals surface area (Å²) in [5.74, 6) is 1.56. The highest BCUT2D eigenvalue weighted by Gasteiger charge is 2.17. The van der Waals surface area contributed by atoms with Crippen molar-refractivity contribution in [2.45, 2.75) is 39.3 Å². The van der Waals surface area contributed by atoms with Crippen LogP contribution < -0.4 is 9.64 Å². The van der Waals surface area contributed by atoms with Gasteiger partial charge >= 0.3 is 6.01 Å². The minimum Gasteiger partial charge on any atom is -0.461 e. The SMILES string of the molecule is CCC(CSC)N(C)c1nc(Cl)nc(OC(C)C)n1. The number of hydrogen-bond donors (Lipinski definition) is 0. The number of rotatable bonds is 7. The smallest absolute Gasteiger partial charge is 0.322 e. The summed E-state index contributed by atoms with van der Waals surface area (Å²) < 4.78 is 5.48. The van der Waals surface area contributed by atoms with Crippen LogP contribution in [0.25, 0.3) is 0 Å². The van der Waals surface area contributed by atoms with Crippen molar-refractivity contribution in [2.24, 2.45) is 0 Å². The van der Waals surface area contributed by atoms with Crippen LogP contribution in [0.3, 0.4) is 0 Å². The maximum atomic E-state index is 5.93. The summed E-state index contributed by atoms with van der Waals surface area (Å²) in [5.41, 5.74) is 0. The number of halogens is 1. The summed E-state index contributed by atoms with van der Waals surface area (Å²) in [5, 5.41) is 0.159. The third-order valence-electron chi connectivity index (χ3n) is 2.61. The lowest BCUT2D eigenvalue weighted by molar-refractivity contribution is 0.221. The number of thioether (sulfide) groups is 1. The van der Waals surface area contributed by atoms with E-state index >= 15 is 0 Å². The maximum absolute atomic E-state index is 5.93. The van der Waals surface area contributed by atoms with Crippen LogP contribution in [0, 0.1) is 0 Å². The van der Waals surface area contributed by atoms with Gasteiger partial charge in [-0.15, -0.1) is 0 Å². The molecule has 0 amide bonds. The molecular formula is C12H21ClN4OS. The first-order valence-corrected chi connectivity index (χ1v) is 8.05. The molecule has 7 heteroatoms. The highest BCUT2D eigenvalue weighted by molar-refractivity contribution is 7.98. The molecule has 19 heavy (non-hydrogen) atoms. The zero-order chi connectivity index (χ0) is 14.4. The van der Waals surface area contributed by atoms with Crippen molar-refractivity contribution in [3.8, 4) is 6.01 Å². The molecule has 0 aromatic carbocycles. The first-order valence-electron chi connectivity index (χ1n) is 6.27. The summed E-state index contributed by atoms with van der Waals surface area (Å²) in [6.07, 6.45) is 3.11. The Morgan fingerprint density at radius 3 is 2.53 bits per heavy atom. The van der Waals surface area contributed by atoms with E-state index < -0.39 is 0 Å². The number of anilines is 1. The van der Waals surface area contributed by atoms with Crippen LogP contribution in [0.5, 0.6) is 6.01 Å². The zero-order valence-electron chi connectivity index (χ0n) is 12.1. The van der Waals surface area contributed by atoms with Crippen molar-refractivity contribution >= 4 is 29.3 Å². The van der Waals surface area contributed by atoms with Crippen LogP contribution in [0.2, 0.25) is 5.28 Å². The van der Waals surface area contributed by atoms with Crippen molar-refractivity contribution in [1.82, 2.24) is 15.0 Å². The average Bonchev–Trinajstić information content (AvgIpc) is 2.33. The van der Waals surface area contributed by atoms with E-state index in [1.165, 1.54) is 0 Å². The Labute approximate surface area is 124 Å². The summed E-state index contributed by atoms with van der Waals surface area (Å²) in [7, 11) is 1.97. The first kappa shape index (κ1) is 16.3. The Kier molecular flexibility index (Phi) is 6.65. The fourth-order valence-electron chi connectivity index (χ4n) is 1.60. The van der Waals surface area contributed by atoms with Crippen LogP contribution >= 0.6 is 23.4 Å². The number of hydrogen-bond acceptors (Lipinski definition) is 6. The van der Waals surface area contributed by atoms with Crippen LogP contribution in [-0.4, -0.2) is 46.2 Å². The second-order valence-corrected chi connectivity index (χ2v) is 5.73. The molecule has 0 bridgehead atoms. The second kappa shape index (κ2) is 7.75. The Hall–Kier alpha value is -0.750. The van der Waals surface area contributed by atoms with E-state index in [0.717, 1.165) is 12.2 Å². The molecule has 5 nitrogen and oxygen atoms in total. The van der Waals surface area contributed by atoms with Gasteiger partial charge in [0, 0.05) is 18.8 Å². The molecule has 0 fully saturated rings. The molecule has 0 aliphatic heterocycles. The van der Waals surface area contributed by atoms with E-state index in [1.54, 1.807) is 11.8 Å². The molecule has 1 atom stereocenters. The van der Waals surface area contributed by atoms with E-state index in [4.69, 9.17) is 16.3 Å². The molecule has 1 rings (SSSR count). The number of ether oxygens (including phenoxy) is 1. The van der Waals surface area contributed by atoms with Gasteiger partial charge in [0.25, 0.3) is 0 Å². The molecule has 1 aromatic rings. The fraction of sp³-hybridized carbons (Fsp3) is 0.750. The lowest BCUT2D eigenvalue weighted by Gasteiger charge is -2.26. The van der Waals surface area contributed by atoms with E-state index in [9.17, 15) is 0 Å². The normalized spacial score (nSPS) is 12.6. The van der Waals surface area contributed by atoms with Crippen molar-refractivity contribution in [1.29, 1.82) is 0 Å². The van der Waals surface area contributed by atoms with Gasteiger partial charge in [-0.05, 0) is 38.1 Å². The minimum absolute atomic E-state index is 0.00444. The zero-order valence-corrected chi connectivity index (χ0v) is 13.6. The first-order chi connectivity index (χ1) is 8.97. The van der Waals surface area contributed by atoms with Crippen molar-refractivity contribution in [3.05, 3.63) is 5.28 Å². The van der Waals surface area contributed by atoms with E-state index in [2.05, 4.69) is 28.1 Å². The molecule has 0 radical (unpaired) electrons. The molecule has 0 spiro atoms. The van der Waals surface area contributed by atoms with Crippen LogP contribution in [0.1, 0.15) is 27.2 Å². The van der Waals surface area contributed by atoms with Gasteiger partial charge in [-0.25, -0.2) is 0 Å². The second-order valence-electron chi connectivity index (χ2n) is 4.48. The Bertz CT molecular complexity index is 405. The van der Waals surface area contributed by atoms with Gasteiger partial charge in [-0.3, -0.25) is 0 Å². The average molecular weight is 305 g/mol. The van der Waals surface area contributed by atoms with Crippen LogP contribution in [-0.2, 0) is 0 Å². The molecule has 0 N–H and O–H groups in total. The number of nitrogens with zero attached hydrogens (tertiary/aromatic N) is 4. The predicted octanol–water partition coefficient (Wildman–Crippen LogP) is 2.89. The largest absolute Gasteiger partial charge is 0.461 e. The molecule has 0 saturated carbocycles. The van der Waals surface area contributed by atoms with Gasteiger partial charge in [-0.2, -0.15) is 26.7 Å². The van der Waals surface area contributed by atoms with Crippen molar-refractivity contribution in [2.75, 3.05) is 24.0 Å².